The number of nitrogens with one attached hydrogen (secondary N) is 2. The minimum Gasteiger partial charge on any atom is -0.444 e. The summed E-state index contributed by atoms with van der Waals surface area (Å²) in [5, 5.41) is 6.44. The SMILES string of the molecule is CCNc1cc(NC(C)c2ncc(C)o2)nc(C)n1. The highest BCUT2D eigenvalue weighted by Crippen LogP contribution is 2.19. The first-order valence-electron chi connectivity index (χ1n) is 6.37. The van der Waals surface area contributed by atoms with E-state index in [0.717, 1.165) is 29.8 Å². The van der Waals surface area contributed by atoms with Crippen molar-refractivity contribution in [1.29, 1.82) is 0 Å². The zero-order valence-electron chi connectivity index (χ0n) is 11.7. The Morgan fingerprint density at radius 2 is 2.00 bits per heavy atom. The number of rotatable bonds is 5. The van der Waals surface area contributed by atoms with Crippen LogP contribution < -0.4 is 10.6 Å². The van der Waals surface area contributed by atoms with E-state index in [1.807, 2.05) is 33.8 Å². The molecule has 0 aliphatic rings. The first-order chi connectivity index (χ1) is 9.08. The van der Waals surface area contributed by atoms with Gasteiger partial charge in [-0.2, -0.15) is 0 Å². The predicted octanol–water partition coefficient (Wildman–Crippen LogP) is 2.69. The molecule has 6 heteroatoms. The summed E-state index contributed by atoms with van der Waals surface area (Å²) in [6.07, 6.45) is 1.71. The van der Waals surface area contributed by atoms with E-state index in [4.69, 9.17) is 4.42 Å². The topological polar surface area (TPSA) is 75.9 Å². The molecule has 2 heterocycles. The van der Waals surface area contributed by atoms with Crippen LogP contribution in [0.25, 0.3) is 0 Å². The van der Waals surface area contributed by atoms with E-state index in [2.05, 4.69) is 25.6 Å². The van der Waals surface area contributed by atoms with Gasteiger partial charge in [0.25, 0.3) is 0 Å². The van der Waals surface area contributed by atoms with E-state index in [1.165, 1.54) is 0 Å². The maximum absolute atomic E-state index is 5.49. The first kappa shape index (κ1) is 13.3. The fraction of sp³-hybridized carbons (Fsp3) is 0.462. The molecular weight excluding hydrogens is 242 g/mol. The third-order valence-electron chi connectivity index (χ3n) is 2.57. The number of nitrogens with zero attached hydrogens (tertiary/aromatic N) is 3. The van der Waals surface area contributed by atoms with Gasteiger partial charge in [-0.25, -0.2) is 15.0 Å². The highest BCUT2D eigenvalue weighted by Gasteiger charge is 2.12. The molecule has 0 aromatic carbocycles. The van der Waals surface area contributed by atoms with Crippen LogP contribution in [0.2, 0.25) is 0 Å². The van der Waals surface area contributed by atoms with Crippen LogP contribution in [-0.4, -0.2) is 21.5 Å². The largest absolute Gasteiger partial charge is 0.444 e. The lowest BCUT2D eigenvalue weighted by atomic mass is 10.3. The van der Waals surface area contributed by atoms with Gasteiger partial charge in [-0.3, -0.25) is 0 Å². The number of aromatic nitrogens is 3. The molecule has 0 radical (unpaired) electrons. The number of hydrogen-bond acceptors (Lipinski definition) is 6. The van der Waals surface area contributed by atoms with Gasteiger partial charge in [0.2, 0.25) is 5.89 Å². The van der Waals surface area contributed by atoms with Gasteiger partial charge < -0.3 is 15.1 Å². The lowest BCUT2D eigenvalue weighted by Gasteiger charge is -2.13. The fourth-order valence-corrected chi connectivity index (χ4v) is 1.77. The van der Waals surface area contributed by atoms with Gasteiger partial charge in [-0.15, -0.1) is 0 Å². The Balaban J connectivity index is 2.14. The molecule has 0 amide bonds. The van der Waals surface area contributed by atoms with Crippen LogP contribution in [0.3, 0.4) is 0 Å². The third kappa shape index (κ3) is 3.43. The van der Waals surface area contributed by atoms with Crippen molar-refractivity contribution in [2.45, 2.75) is 33.7 Å². The quantitative estimate of drug-likeness (QED) is 0.861. The normalized spacial score (nSPS) is 12.2. The number of hydrogen-bond donors (Lipinski definition) is 2. The van der Waals surface area contributed by atoms with Crippen LogP contribution in [0.1, 0.15) is 37.4 Å². The lowest BCUT2D eigenvalue weighted by molar-refractivity contribution is 0.453. The molecule has 2 rings (SSSR count). The van der Waals surface area contributed by atoms with Crippen molar-refractivity contribution in [2.75, 3.05) is 17.2 Å². The summed E-state index contributed by atoms with van der Waals surface area (Å²) in [6, 6.07) is 1.83. The number of aryl methyl sites for hydroxylation is 2. The number of anilines is 2. The third-order valence-corrected chi connectivity index (χ3v) is 2.57. The van der Waals surface area contributed by atoms with E-state index >= 15 is 0 Å². The molecule has 1 unspecified atom stereocenters. The van der Waals surface area contributed by atoms with E-state index in [0.29, 0.717) is 5.89 Å². The molecule has 2 aromatic heterocycles. The van der Waals surface area contributed by atoms with Crippen LogP contribution >= 0.6 is 0 Å². The highest BCUT2D eigenvalue weighted by molar-refractivity contribution is 5.48. The highest BCUT2D eigenvalue weighted by atomic mass is 16.4. The monoisotopic (exact) mass is 261 g/mol. The predicted molar refractivity (Wildman–Crippen MR) is 74.2 cm³/mol. The summed E-state index contributed by atoms with van der Waals surface area (Å²) in [4.78, 5) is 12.9. The zero-order chi connectivity index (χ0) is 13.8. The minimum absolute atomic E-state index is 0.0440. The molecule has 0 fully saturated rings. The summed E-state index contributed by atoms with van der Waals surface area (Å²) in [5.41, 5.74) is 0. The van der Waals surface area contributed by atoms with Crippen molar-refractivity contribution in [3.05, 3.63) is 29.7 Å². The average molecular weight is 261 g/mol. The average Bonchev–Trinajstić information content (AvgIpc) is 2.75. The summed E-state index contributed by atoms with van der Waals surface area (Å²) >= 11 is 0. The zero-order valence-corrected chi connectivity index (χ0v) is 11.7. The van der Waals surface area contributed by atoms with Gasteiger partial charge in [-0.1, -0.05) is 0 Å². The molecule has 0 saturated heterocycles. The second kappa shape index (κ2) is 5.69. The van der Waals surface area contributed by atoms with Gasteiger partial charge in [0.15, 0.2) is 0 Å². The van der Waals surface area contributed by atoms with Gasteiger partial charge in [0.1, 0.15) is 29.3 Å². The van der Waals surface area contributed by atoms with Crippen molar-refractivity contribution >= 4 is 11.6 Å². The molecule has 0 spiro atoms. The molecule has 0 bridgehead atoms. The van der Waals surface area contributed by atoms with Crippen LogP contribution in [0.5, 0.6) is 0 Å². The van der Waals surface area contributed by atoms with Crippen molar-refractivity contribution in [3.8, 4) is 0 Å². The summed E-state index contributed by atoms with van der Waals surface area (Å²) in [6.45, 7) is 8.58. The van der Waals surface area contributed by atoms with Gasteiger partial charge in [-0.05, 0) is 27.7 Å². The van der Waals surface area contributed by atoms with Crippen LogP contribution in [0.4, 0.5) is 11.6 Å². The van der Waals surface area contributed by atoms with Crippen molar-refractivity contribution < 1.29 is 4.42 Å². The van der Waals surface area contributed by atoms with E-state index in [9.17, 15) is 0 Å². The van der Waals surface area contributed by atoms with Crippen molar-refractivity contribution in [3.63, 3.8) is 0 Å². The Bertz CT molecular complexity index is 552. The Morgan fingerprint density at radius 1 is 1.26 bits per heavy atom. The standard InChI is InChI=1S/C13H19N5O/c1-5-14-11-6-12(18-10(4)17-11)16-9(3)13-15-7-8(2)19-13/h6-7,9H,5H2,1-4H3,(H2,14,16,17,18). The van der Waals surface area contributed by atoms with Crippen LogP contribution in [0.15, 0.2) is 16.7 Å². The molecule has 6 nitrogen and oxygen atoms in total. The molecule has 0 aliphatic carbocycles. The smallest absolute Gasteiger partial charge is 0.216 e. The number of oxazole rings is 1. The summed E-state index contributed by atoms with van der Waals surface area (Å²) in [5.74, 6) is 3.74. The van der Waals surface area contributed by atoms with Crippen LogP contribution in [-0.2, 0) is 0 Å². The van der Waals surface area contributed by atoms with Crippen LogP contribution in [0, 0.1) is 13.8 Å². The summed E-state index contributed by atoms with van der Waals surface area (Å²) in [7, 11) is 0. The molecule has 2 N–H and O–H groups in total. The van der Waals surface area contributed by atoms with Gasteiger partial charge in [0.05, 0.1) is 6.20 Å². The van der Waals surface area contributed by atoms with E-state index < -0.39 is 0 Å². The minimum atomic E-state index is -0.0440. The molecule has 0 aliphatic heterocycles. The lowest BCUT2D eigenvalue weighted by Crippen LogP contribution is -2.10. The van der Waals surface area contributed by atoms with Gasteiger partial charge in [0, 0.05) is 12.6 Å². The Labute approximate surface area is 112 Å². The van der Waals surface area contributed by atoms with Crippen molar-refractivity contribution in [2.24, 2.45) is 0 Å². The molecule has 0 saturated carbocycles. The Morgan fingerprint density at radius 3 is 2.63 bits per heavy atom. The maximum atomic E-state index is 5.49. The Hall–Kier alpha value is -2.11. The molecule has 1 atom stereocenters. The molecule has 102 valence electrons. The Kier molecular flexibility index (Phi) is 3.99. The van der Waals surface area contributed by atoms with Gasteiger partial charge >= 0.3 is 0 Å². The summed E-state index contributed by atoms with van der Waals surface area (Å²) < 4.78 is 5.49. The van der Waals surface area contributed by atoms with E-state index in [-0.39, 0.29) is 6.04 Å². The maximum Gasteiger partial charge on any atom is 0.216 e. The fourth-order valence-electron chi connectivity index (χ4n) is 1.77. The second-order valence-electron chi connectivity index (χ2n) is 4.39. The van der Waals surface area contributed by atoms with Crippen molar-refractivity contribution in [1.82, 2.24) is 15.0 Å². The van der Waals surface area contributed by atoms with E-state index in [1.54, 1.807) is 6.20 Å². The molecular formula is C13H19N5O. The second-order valence-corrected chi connectivity index (χ2v) is 4.39. The first-order valence-corrected chi connectivity index (χ1v) is 6.37. The molecule has 2 aromatic rings. The molecule has 19 heavy (non-hydrogen) atoms.